The minimum Gasteiger partial charge on any atom is -0.464 e. The molecule has 0 bridgehead atoms. The van der Waals surface area contributed by atoms with Crippen LogP contribution in [0, 0.1) is 0 Å². The van der Waals surface area contributed by atoms with Gasteiger partial charge < -0.3 is 4.74 Å². The quantitative estimate of drug-likeness (QED) is 0.661. The average Bonchev–Trinajstić information content (AvgIpc) is 2.59. The molecule has 4 nitrogen and oxygen atoms in total. The summed E-state index contributed by atoms with van der Waals surface area (Å²) in [7, 11) is 1.34. The summed E-state index contributed by atoms with van der Waals surface area (Å²) in [6.07, 6.45) is 5.07. The Morgan fingerprint density at radius 2 is 2.36 bits per heavy atom. The largest absolute Gasteiger partial charge is 0.464 e. The third kappa shape index (κ3) is 1.43. The zero-order valence-corrected chi connectivity index (χ0v) is 8.98. The smallest absolute Gasteiger partial charge is 0.356 e. The van der Waals surface area contributed by atoms with E-state index >= 15 is 0 Å². The fraction of sp³-hybridized carbons (Fsp3) is 0.222. The van der Waals surface area contributed by atoms with Crippen molar-refractivity contribution in [2.75, 3.05) is 7.11 Å². The first-order valence-electron chi connectivity index (χ1n) is 4.00. The molecule has 0 unspecified atom stereocenters. The maximum Gasteiger partial charge on any atom is 0.356 e. The highest BCUT2D eigenvalue weighted by Gasteiger charge is 2.26. The zero-order valence-electron chi connectivity index (χ0n) is 7.40. The molecule has 0 amide bonds. The standard InChI is InChI=1S/C9H7BrN2O2/c1-14-9(13)7-3-2-6-8(12-7)5(10)4-11-6/h2-4,8H,1H3/t8-/m0/s1. The highest BCUT2D eigenvalue weighted by molar-refractivity contribution is 9.11. The molecule has 14 heavy (non-hydrogen) atoms. The van der Waals surface area contributed by atoms with Crippen LogP contribution in [0.2, 0.25) is 0 Å². The number of ether oxygens (including phenoxy) is 1. The van der Waals surface area contributed by atoms with E-state index in [0.717, 1.165) is 10.2 Å². The summed E-state index contributed by atoms with van der Waals surface area (Å²) in [5, 5.41) is 0. The van der Waals surface area contributed by atoms with Crippen LogP contribution < -0.4 is 0 Å². The van der Waals surface area contributed by atoms with Crippen molar-refractivity contribution in [1.82, 2.24) is 0 Å². The molecule has 0 radical (unpaired) electrons. The first kappa shape index (κ1) is 9.33. The van der Waals surface area contributed by atoms with E-state index in [1.54, 1.807) is 18.4 Å². The van der Waals surface area contributed by atoms with Crippen LogP contribution in [0.1, 0.15) is 0 Å². The van der Waals surface area contributed by atoms with Crippen molar-refractivity contribution in [3.63, 3.8) is 0 Å². The summed E-state index contributed by atoms with van der Waals surface area (Å²) in [6, 6.07) is -0.172. The lowest BCUT2D eigenvalue weighted by atomic mass is 10.1. The summed E-state index contributed by atoms with van der Waals surface area (Å²) < 4.78 is 5.44. The first-order chi connectivity index (χ1) is 6.72. The summed E-state index contributed by atoms with van der Waals surface area (Å²) in [6.45, 7) is 0. The second-order valence-corrected chi connectivity index (χ2v) is 3.73. The van der Waals surface area contributed by atoms with Crippen molar-refractivity contribution in [2.45, 2.75) is 6.04 Å². The van der Waals surface area contributed by atoms with Gasteiger partial charge in [0.1, 0.15) is 11.8 Å². The van der Waals surface area contributed by atoms with Crippen LogP contribution in [0.5, 0.6) is 0 Å². The Hall–Kier alpha value is -1.23. The first-order valence-corrected chi connectivity index (χ1v) is 4.79. The lowest BCUT2D eigenvalue weighted by Gasteiger charge is -2.12. The van der Waals surface area contributed by atoms with Gasteiger partial charge in [0.25, 0.3) is 0 Å². The van der Waals surface area contributed by atoms with Gasteiger partial charge >= 0.3 is 5.97 Å². The Balaban J connectivity index is 2.29. The number of fused-ring (bicyclic) bond motifs is 1. The van der Waals surface area contributed by atoms with Crippen molar-refractivity contribution in [3.8, 4) is 0 Å². The van der Waals surface area contributed by atoms with E-state index in [-0.39, 0.29) is 6.04 Å². The molecule has 1 atom stereocenters. The normalized spacial score (nSPS) is 23.6. The van der Waals surface area contributed by atoms with Crippen LogP contribution in [0.25, 0.3) is 0 Å². The highest BCUT2D eigenvalue weighted by atomic mass is 79.9. The number of esters is 1. The number of hydrogen-bond donors (Lipinski definition) is 0. The Bertz CT molecular complexity index is 407. The van der Waals surface area contributed by atoms with Crippen molar-refractivity contribution in [2.24, 2.45) is 9.98 Å². The molecule has 0 fully saturated rings. The molecule has 2 rings (SSSR count). The van der Waals surface area contributed by atoms with Gasteiger partial charge in [-0.2, -0.15) is 0 Å². The van der Waals surface area contributed by atoms with Gasteiger partial charge in [-0.1, -0.05) is 15.9 Å². The summed E-state index contributed by atoms with van der Waals surface area (Å²) >= 11 is 3.33. The molecule has 2 aliphatic heterocycles. The van der Waals surface area contributed by atoms with Crippen molar-refractivity contribution in [1.29, 1.82) is 0 Å². The fourth-order valence-electron chi connectivity index (χ4n) is 1.25. The van der Waals surface area contributed by atoms with Gasteiger partial charge in [-0.05, 0) is 12.2 Å². The topological polar surface area (TPSA) is 51.0 Å². The maximum atomic E-state index is 11.2. The molecular formula is C9H7BrN2O2. The molecule has 0 saturated carbocycles. The Labute approximate surface area is 89.2 Å². The third-order valence-corrected chi connectivity index (χ3v) is 2.59. The van der Waals surface area contributed by atoms with E-state index in [1.165, 1.54) is 7.11 Å². The van der Waals surface area contributed by atoms with Crippen molar-refractivity contribution in [3.05, 3.63) is 22.8 Å². The van der Waals surface area contributed by atoms with Gasteiger partial charge in [0.15, 0.2) is 0 Å². The fourth-order valence-corrected chi connectivity index (χ4v) is 1.69. The molecule has 0 spiro atoms. The van der Waals surface area contributed by atoms with Crippen LogP contribution in [-0.4, -0.2) is 30.5 Å². The Kier molecular flexibility index (Phi) is 2.33. The van der Waals surface area contributed by atoms with Crippen LogP contribution >= 0.6 is 15.9 Å². The molecule has 0 saturated heterocycles. The predicted octanol–water partition coefficient (Wildman–Crippen LogP) is 1.23. The zero-order chi connectivity index (χ0) is 10.1. The molecule has 5 heteroatoms. The number of dihydropyridines is 1. The monoisotopic (exact) mass is 254 g/mol. The molecule has 2 heterocycles. The molecular weight excluding hydrogens is 248 g/mol. The molecule has 0 aromatic carbocycles. The van der Waals surface area contributed by atoms with E-state index in [2.05, 4.69) is 30.7 Å². The van der Waals surface area contributed by atoms with E-state index in [9.17, 15) is 4.79 Å². The number of rotatable bonds is 1. The van der Waals surface area contributed by atoms with Gasteiger partial charge in [-0.15, -0.1) is 0 Å². The van der Waals surface area contributed by atoms with Crippen molar-refractivity contribution >= 4 is 33.3 Å². The Morgan fingerprint density at radius 1 is 1.57 bits per heavy atom. The van der Waals surface area contributed by atoms with Crippen molar-refractivity contribution < 1.29 is 9.53 Å². The number of methoxy groups -OCH3 is 1. The number of carbonyl (C=O) groups is 1. The van der Waals surface area contributed by atoms with Crippen LogP contribution in [0.15, 0.2) is 32.8 Å². The lowest BCUT2D eigenvalue weighted by molar-refractivity contribution is -0.132. The molecule has 0 N–H and O–H groups in total. The Morgan fingerprint density at radius 3 is 3.07 bits per heavy atom. The predicted molar refractivity (Wildman–Crippen MR) is 56.8 cm³/mol. The number of halogens is 1. The summed E-state index contributed by atoms with van der Waals surface area (Å²) in [5.41, 5.74) is 1.16. The minimum atomic E-state index is -0.424. The van der Waals surface area contributed by atoms with Crippen LogP contribution in [0.4, 0.5) is 0 Å². The van der Waals surface area contributed by atoms with Gasteiger partial charge in [0.2, 0.25) is 0 Å². The summed E-state index contributed by atoms with van der Waals surface area (Å²) in [5.74, 6) is -0.424. The third-order valence-electron chi connectivity index (χ3n) is 1.95. The van der Waals surface area contributed by atoms with Gasteiger partial charge in [0, 0.05) is 10.7 Å². The van der Waals surface area contributed by atoms with E-state index in [0.29, 0.717) is 5.71 Å². The molecule has 0 aliphatic carbocycles. The van der Waals surface area contributed by atoms with E-state index in [4.69, 9.17) is 0 Å². The molecule has 0 aromatic rings. The number of hydrogen-bond acceptors (Lipinski definition) is 4. The van der Waals surface area contributed by atoms with E-state index < -0.39 is 5.97 Å². The van der Waals surface area contributed by atoms with Gasteiger partial charge in [0.05, 0.1) is 12.8 Å². The maximum absolute atomic E-state index is 11.2. The number of carbonyl (C=O) groups excluding carboxylic acids is 1. The average molecular weight is 255 g/mol. The van der Waals surface area contributed by atoms with Gasteiger partial charge in [-0.3, -0.25) is 9.98 Å². The number of aliphatic imine (C=N–C) groups is 2. The minimum absolute atomic E-state index is 0.172. The SMILES string of the molecule is COC(=O)C1=N[C@H]2C(Br)=CN=C2C=C1. The van der Waals surface area contributed by atoms with Crippen LogP contribution in [-0.2, 0) is 9.53 Å². The van der Waals surface area contributed by atoms with E-state index in [1.807, 2.05) is 0 Å². The molecule has 2 aliphatic rings. The van der Waals surface area contributed by atoms with Crippen LogP contribution in [0.3, 0.4) is 0 Å². The van der Waals surface area contributed by atoms with Gasteiger partial charge in [-0.25, -0.2) is 4.79 Å². The number of nitrogens with zero attached hydrogens (tertiary/aromatic N) is 2. The second kappa shape index (κ2) is 3.49. The molecule has 0 aromatic heterocycles. The second-order valence-electron chi connectivity index (χ2n) is 2.81. The summed E-state index contributed by atoms with van der Waals surface area (Å²) in [4.78, 5) is 19.5. The lowest BCUT2D eigenvalue weighted by Crippen LogP contribution is -2.24. The molecule has 72 valence electrons. The highest BCUT2D eigenvalue weighted by Crippen LogP contribution is 2.24.